The zero-order valence-corrected chi connectivity index (χ0v) is 55.8. The van der Waals surface area contributed by atoms with Gasteiger partial charge in [0.15, 0.2) is 6.10 Å². The predicted octanol–water partition coefficient (Wildman–Crippen LogP) is 22.2. The van der Waals surface area contributed by atoms with Crippen LogP contribution in [0.3, 0.4) is 0 Å². The van der Waals surface area contributed by atoms with Gasteiger partial charge in [0.2, 0.25) is 0 Å². The molecule has 482 valence electrons. The fourth-order valence-corrected chi connectivity index (χ4v) is 11.2. The minimum absolute atomic E-state index is 0.0294. The molecule has 0 saturated carbocycles. The van der Waals surface area contributed by atoms with Gasteiger partial charge in [-0.25, -0.2) is 0 Å². The van der Waals surface area contributed by atoms with Gasteiger partial charge < -0.3 is 27.9 Å². The number of phosphoric ester groups is 1. The number of phosphoric acid groups is 1. The molecule has 0 aliphatic heterocycles. The van der Waals surface area contributed by atoms with E-state index in [0.717, 1.165) is 64.2 Å². The molecule has 2 unspecified atom stereocenters. The minimum atomic E-state index is -4.64. The van der Waals surface area contributed by atoms with Crippen molar-refractivity contribution >= 4 is 19.8 Å². The SMILES string of the molecule is CC/C=C\C/C=C\C/C=C\C/C=C\CCCCCCCCCCCCCCCCC(=O)OC(COC(=O)CCCCCCCCCCCCCCCCCCCCCCCCCCCCCCCCC)COP(=O)([O-])OCC[N+](C)(C)C. The first-order chi connectivity index (χ1) is 40.0. The number of unbranched alkanes of at least 4 members (excludes halogenated alkanes) is 44. The first-order valence-electron chi connectivity index (χ1n) is 35.3. The van der Waals surface area contributed by atoms with Crippen molar-refractivity contribution in [3.05, 3.63) is 48.6 Å². The van der Waals surface area contributed by atoms with Gasteiger partial charge in [0.25, 0.3) is 7.82 Å². The van der Waals surface area contributed by atoms with Crippen molar-refractivity contribution in [3.63, 3.8) is 0 Å². The molecule has 2 atom stereocenters. The van der Waals surface area contributed by atoms with Crippen LogP contribution in [0, 0.1) is 0 Å². The van der Waals surface area contributed by atoms with Gasteiger partial charge in [0.05, 0.1) is 27.7 Å². The highest BCUT2D eigenvalue weighted by Gasteiger charge is 2.22. The number of nitrogens with zero attached hydrogens (tertiary/aromatic N) is 1. The van der Waals surface area contributed by atoms with Crippen LogP contribution in [-0.2, 0) is 32.7 Å². The van der Waals surface area contributed by atoms with Crippen molar-refractivity contribution in [2.24, 2.45) is 0 Å². The fourth-order valence-electron chi connectivity index (χ4n) is 10.5. The molecule has 0 radical (unpaired) electrons. The maximum absolute atomic E-state index is 12.9. The molecule has 0 aromatic heterocycles. The Labute approximate surface area is 509 Å². The highest BCUT2D eigenvalue weighted by Crippen LogP contribution is 2.38. The van der Waals surface area contributed by atoms with Gasteiger partial charge in [-0.3, -0.25) is 14.2 Å². The molecule has 0 N–H and O–H groups in total. The second-order valence-corrected chi connectivity index (χ2v) is 26.6. The van der Waals surface area contributed by atoms with E-state index in [9.17, 15) is 19.0 Å². The average Bonchev–Trinajstić information content (AvgIpc) is 3.46. The zero-order chi connectivity index (χ0) is 59.8. The summed E-state index contributed by atoms with van der Waals surface area (Å²) in [4.78, 5) is 38.1. The molecule has 0 aliphatic carbocycles. The highest BCUT2D eigenvalue weighted by molar-refractivity contribution is 7.45. The van der Waals surface area contributed by atoms with E-state index >= 15 is 0 Å². The summed E-state index contributed by atoms with van der Waals surface area (Å²) < 4.78 is 34.3. The van der Waals surface area contributed by atoms with Crippen LogP contribution in [-0.4, -0.2) is 70.0 Å². The minimum Gasteiger partial charge on any atom is -0.756 e. The molecule has 0 aromatic rings. The van der Waals surface area contributed by atoms with E-state index in [1.165, 1.54) is 250 Å². The van der Waals surface area contributed by atoms with Gasteiger partial charge in [0.1, 0.15) is 19.8 Å². The van der Waals surface area contributed by atoms with Crippen LogP contribution in [0.4, 0.5) is 0 Å². The first-order valence-corrected chi connectivity index (χ1v) is 36.8. The Morgan fingerprint density at radius 3 is 1.04 bits per heavy atom. The van der Waals surface area contributed by atoms with Crippen LogP contribution in [0.25, 0.3) is 0 Å². The number of carbonyl (C=O) groups is 2. The molecule has 9 nitrogen and oxygen atoms in total. The lowest BCUT2D eigenvalue weighted by Crippen LogP contribution is -2.37. The number of carbonyl (C=O) groups excluding carboxylic acids is 2. The van der Waals surface area contributed by atoms with Crippen molar-refractivity contribution < 1.29 is 42.1 Å². The summed E-state index contributed by atoms with van der Waals surface area (Å²) in [6, 6.07) is 0. The Morgan fingerprint density at radius 1 is 0.390 bits per heavy atom. The van der Waals surface area contributed by atoms with E-state index in [4.69, 9.17) is 18.5 Å². The standard InChI is InChI=1S/C72H136NO8P/c1-6-8-10-12-14-16-18-20-22-24-26-28-30-32-34-35-36-37-39-40-42-44-46-48-50-52-54-56-58-60-62-64-71(74)78-68-70(69-80-82(76,77)79-67-66-73(3,4)5)81-72(75)65-63-61-59-57-55-53-51-49-47-45-43-41-38-33-31-29-27-25-23-21-19-17-15-13-11-9-7-2/h9,11,15,17,21,23,27,29,70H,6-8,10,12-14,16,18-20,22,24-26,28,30-69H2,1-5H3/b11-9-,17-15-,23-21-,29-27-. The topological polar surface area (TPSA) is 111 Å². The average molecular weight is 1170 g/mol. The molecule has 0 amide bonds. The van der Waals surface area contributed by atoms with Gasteiger partial charge >= 0.3 is 11.9 Å². The van der Waals surface area contributed by atoms with Crippen LogP contribution >= 0.6 is 7.82 Å². The second kappa shape index (κ2) is 63.5. The number of likely N-dealkylation sites (N-methyl/N-ethyl adjacent to an activating group) is 1. The van der Waals surface area contributed by atoms with Crippen LogP contribution in [0.2, 0.25) is 0 Å². The van der Waals surface area contributed by atoms with Crippen LogP contribution in [0.1, 0.15) is 348 Å². The number of allylic oxidation sites excluding steroid dienone is 8. The molecule has 0 bridgehead atoms. The third-order valence-electron chi connectivity index (χ3n) is 15.9. The molecular formula is C72H136NO8P. The lowest BCUT2D eigenvalue weighted by atomic mass is 10.0. The Balaban J connectivity index is 3.99. The third kappa shape index (κ3) is 67.1. The third-order valence-corrected chi connectivity index (χ3v) is 16.8. The number of ether oxygens (including phenoxy) is 2. The number of hydrogen-bond donors (Lipinski definition) is 0. The van der Waals surface area contributed by atoms with Gasteiger partial charge in [-0.1, -0.05) is 332 Å². The maximum atomic E-state index is 12.9. The summed E-state index contributed by atoms with van der Waals surface area (Å²) in [5.74, 6) is -0.816. The van der Waals surface area contributed by atoms with Crippen LogP contribution in [0.15, 0.2) is 48.6 Å². The fraction of sp³-hybridized carbons (Fsp3) is 0.861. The lowest BCUT2D eigenvalue weighted by Gasteiger charge is -2.28. The lowest BCUT2D eigenvalue weighted by molar-refractivity contribution is -0.870. The van der Waals surface area contributed by atoms with Crippen LogP contribution < -0.4 is 4.89 Å². The van der Waals surface area contributed by atoms with E-state index < -0.39 is 26.5 Å². The molecule has 0 fully saturated rings. The monoisotopic (exact) mass is 1170 g/mol. The molecular weight excluding hydrogens is 1040 g/mol. The summed E-state index contributed by atoms with van der Waals surface area (Å²) in [5.41, 5.74) is 0. The van der Waals surface area contributed by atoms with E-state index in [-0.39, 0.29) is 32.0 Å². The zero-order valence-electron chi connectivity index (χ0n) is 55.0. The Bertz CT molecular complexity index is 1520. The normalized spacial score (nSPS) is 13.4. The van der Waals surface area contributed by atoms with Crippen molar-refractivity contribution in [3.8, 4) is 0 Å². The summed E-state index contributed by atoms with van der Waals surface area (Å²) >= 11 is 0. The molecule has 0 saturated heterocycles. The maximum Gasteiger partial charge on any atom is 0.306 e. The molecule has 0 heterocycles. The van der Waals surface area contributed by atoms with E-state index in [0.29, 0.717) is 17.4 Å². The Morgan fingerprint density at radius 2 is 0.695 bits per heavy atom. The number of esters is 2. The van der Waals surface area contributed by atoms with E-state index in [1.54, 1.807) is 0 Å². The van der Waals surface area contributed by atoms with Crippen molar-refractivity contribution in [2.45, 2.75) is 354 Å². The predicted molar refractivity (Wildman–Crippen MR) is 351 cm³/mol. The van der Waals surface area contributed by atoms with Crippen molar-refractivity contribution in [1.82, 2.24) is 0 Å². The summed E-state index contributed by atoms with van der Waals surface area (Å²) in [6.45, 7) is 4.19. The molecule has 0 rings (SSSR count). The van der Waals surface area contributed by atoms with Crippen LogP contribution in [0.5, 0.6) is 0 Å². The van der Waals surface area contributed by atoms with E-state index in [2.05, 4.69) is 62.5 Å². The quantitative estimate of drug-likeness (QED) is 0.0195. The van der Waals surface area contributed by atoms with Crippen molar-refractivity contribution in [2.75, 3.05) is 47.5 Å². The van der Waals surface area contributed by atoms with E-state index in [1.807, 2.05) is 21.1 Å². The summed E-state index contributed by atoms with van der Waals surface area (Å²) in [7, 11) is 1.18. The largest absolute Gasteiger partial charge is 0.756 e. The van der Waals surface area contributed by atoms with Gasteiger partial charge in [-0.15, -0.1) is 0 Å². The Kier molecular flexibility index (Phi) is 61.9. The number of hydrogen-bond acceptors (Lipinski definition) is 8. The molecule has 10 heteroatoms. The second-order valence-electron chi connectivity index (χ2n) is 25.2. The molecule has 0 spiro atoms. The summed E-state index contributed by atoms with van der Waals surface area (Å²) in [6.07, 6.45) is 82.0. The highest BCUT2D eigenvalue weighted by atomic mass is 31.2. The number of quaternary nitrogens is 1. The molecule has 0 aliphatic rings. The molecule has 82 heavy (non-hydrogen) atoms. The summed E-state index contributed by atoms with van der Waals surface area (Å²) in [5, 5.41) is 0. The smallest absolute Gasteiger partial charge is 0.306 e. The van der Waals surface area contributed by atoms with Gasteiger partial charge in [0, 0.05) is 12.8 Å². The van der Waals surface area contributed by atoms with Gasteiger partial charge in [-0.05, 0) is 51.4 Å². The molecule has 0 aromatic carbocycles. The number of rotatable bonds is 66. The first kappa shape index (κ1) is 80.0. The van der Waals surface area contributed by atoms with Gasteiger partial charge in [-0.2, -0.15) is 0 Å². The Hall–Kier alpha value is -2.03. The van der Waals surface area contributed by atoms with Crippen molar-refractivity contribution in [1.29, 1.82) is 0 Å².